The topological polar surface area (TPSA) is 62.2 Å². The number of benzene rings is 1. The van der Waals surface area contributed by atoms with Crippen LogP contribution in [0.15, 0.2) is 23.6 Å². The maximum absolute atomic E-state index is 13.2. The van der Waals surface area contributed by atoms with Crippen LogP contribution in [0.5, 0.6) is 0 Å². The molecule has 0 radical (unpaired) electrons. The second kappa shape index (κ2) is 5.89. The molecule has 2 unspecified atom stereocenters. The van der Waals surface area contributed by atoms with E-state index in [0.29, 0.717) is 23.4 Å². The first kappa shape index (κ1) is 17.4. The minimum Gasteiger partial charge on any atom is -0.390 e. The lowest BCUT2D eigenvalue weighted by molar-refractivity contribution is -0.174. The van der Waals surface area contributed by atoms with Gasteiger partial charge in [0.15, 0.2) is 5.13 Å². The summed E-state index contributed by atoms with van der Waals surface area (Å²) >= 11 is 1.48. The predicted molar refractivity (Wildman–Crippen MR) is 108 cm³/mol. The Morgan fingerprint density at radius 1 is 1.22 bits per heavy atom. The van der Waals surface area contributed by atoms with Gasteiger partial charge in [-0.3, -0.25) is 4.79 Å². The largest absolute Gasteiger partial charge is 0.390 e. The Bertz CT molecular complexity index is 905. The number of rotatable bonds is 3. The van der Waals surface area contributed by atoms with E-state index in [9.17, 15) is 9.90 Å². The van der Waals surface area contributed by atoms with Crippen molar-refractivity contribution in [1.82, 2.24) is 4.98 Å². The van der Waals surface area contributed by atoms with Crippen molar-refractivity contribution in [2.75, 3.05) is 5.32 Å². The quantitative estimate of drug-likeness (QED) is 0.809. The number of hydrogen-bond acceptors (Lipinski definition) is 4. The maximum Gasteiger partial charge on any atom is 0.232 e. The van der Waals surface area contributed by atoms with Gasteiger partial charge in [-0.15, -0.1) is 11.3 Å². The molecule has 4 saturated carbocycles. The van der Waals surface area contributed by atoms with Crippen LogP contribution < -0.4 is 5.32 Å². The molecular weight excluding hydrogens is 356 g/mol. The molecule has 2 aromatic rings. The van der Waals surface area contributed by atoms with E-state index in [1.165, 1.54) is 28.9 Å². The van der Waals surface area contributed by atoms with Crippen LogP contribution in [0, 0.1) is 31.1 Å². The van der Waals surface area contributed by atoms with E-state index in [2.05, 4.69) is 37.4 Å². The van der Waals surface area contributed by atoms with E-state index in [-0.39, 0.29) is 5.91 Å². The summed E-state index contributed by atoms with van der Waals surface area (Å²) in [5.74, 6) is 1.07. The van der Waals surface area contributed by atoms with Crippen LogP contribution in [0.3, 0.4) is 0 Å². The van der Waals surface area contributed by atoms with Crippen molar-refractivity contribution in [1.29, 1.82) is 0 Å². The molecule has 0 saturated heterocycles. The number of nitrogens with one attached hydrogen (secondary N) is 1. The first-order valence-corrected chi connectivity index (χ1v) is 10.8. The van der Waals surface area contributed by atoms with E-state index >= 15 is 0 Å². The summed E-state index contributed by atoms with van der Waals surface area (Å²) in [7, 11) is 0. The molecule has 4 aliphatic rings. The summed E-state index contributed by atoms with van der Waals surface area (Å²) in [5, 5.41) is 16.7. The number of thiazole rings is 1. The smallest absolute Gasteiger partial charge is 0.232 e. The molecule has 142 valence electrons. The van der Waals surface area contributed by atoms with Gasteiger partial charge in [-0.1, -0.05) is 17.7 Å². The zero-order valence-electron chi connectivity index (χ0n) is 15.9. The average Bonchev–Trinajstić information content (AvgIpc) is 3.03. The van der Waals surface area contributed by atoms with Gasteiger partial charge in [-0.25, -0.2) is 4.98 Å². The van der Waals surface area contributed by atoms with Gasteiger partial charge in [0, 0.05) is 10.9 Å². The summed E-state index contributed by atoms with van der Waals surface area (Å²) in [6.07, 6.45) is 5.41. The Kier molecular flexibility index (Phi) is 3.79. The molecule has 1 aromatic carbocycles. The fourth-order valence-corrected chi connectivity index (χ4v) is 6.88. The molecular formula is C22H26N2O2S. The molecule has 1 amide bonds. The second-order valence-corrected chi connectivity index (χ2v) is 10.1. The van der Waals surface area contributed by atoms with Crippen LogP contribution in [0.4, 0.5) is 5.13 Å². The SMILES string of the molecule is Cc1ccc(C)c(-c2csc(NC(=O)C34C[C@@H]5C[C@@H](CC(O)(C5)C3)C4)n2)c1. The third-order valence-electron chi connectivity index (χ3n) is 6.91. The lowest BCUT2D eigenvalue weighted by Crippen LogP contribution is -2.59. The van der Waals surface area contributed by atoms with Crippen molar-refractivity contribution in [3.05, 3.63) is 34.7 Å². The van der Waals surface area contributed by atoms with Crippen LogP contribution in [0.25, 0.3) is 11.3 Å². The van der Waals surface area contributed by atoms with E-state index in [1.54, 1.807) is 0 Å². The Hall–Kier alpha value is -1.72. The molecule has 27 heavy (non-hydrogen) atoms. The number of amides is 1. The minimum atomic E-state index is -0.617. The number of hydrogen-bond donors (Lipinski definition) is 2. The first-order chi connectivity index (χ1) is 12.8. The molecule has 4 fully saturated rings. The first-order valence-electron chi connectivity index (χ1n) is 9.91. The van der Waals surface area contributed by atoms with Crippen molar-refractivity contribution < 1.29 is 9.90 Å². The van der Waals surface area contributed by atoms with Gasteiger partial charge >= 0.3 is 0 Å². The van der Waals surface area contributed by atoms with Crippen molar-refractivity contribution in [2.45, 2.75) is 58.0 Å². The predicted octanol–water partition coefficient (Wildman–Crippen LogP) is 4.70. The fraction of sp³-hybridized carbons (Fsp3) is 0.545. The van der Waals surface area contributed by atoms with Crippen molar-refractivity contribution in [3.63, 3.8) is 0 Å². The van der Waals surface area contributed by atoms with E-state index in [4.69, 9.17) is 4.98 Å². The maximum atomic E-state index is 13.2. The molecule has 2 N–H and O–H groups in total. The summed E-state index contributed by atoms with van der Waals surface area (Å²) in [5.41, 5.74) is 3.41. The number of nitrogens with zero attached hydrogens (tertiary/aromatic N) is 1. The van der Waals surface area contributed by atoms with Crippen LogP contribution in [-0.2, 0) is 4.79 Å². The molecule has 1 heterocycles. The summed E-state index contributed by atoms with van der Waals surface area (Å²) in [6, 6.07) is 6.36. The fourth-order valence-electron chi connectivity index (χ4n) is 6.18. The third-order valence-corrected chi connectivity index (χ3v) is 7.66. The Morgan fingerprint density at radius 2 is 1.96 bits per heavy atom. The van der Waals surface area contributed by atoms with Gasteiger partial charge in [0.05, 0.1) is 16.7 Å². The molecule has 6 rings (SSSR count). The molecule has 1 aromatic heterocycles. The molecule has 4 nitrogen and oxygen atoms in total. The average molecular weight is 383 g/mol. The molecule has 4 atom stereocenters. The lowest BCUT2D eigenvalue weighted by Gasteiger charge is -2.59. The number of aryl methyl sites for hydroxylation is 2. The van der Waals surface area contributed by atoms with E-state index in [1.807, 2.05) is 5.38 Å². The molecule has 4 bridgehead atoms. The highest BCUT2D eigenvalue weighted by Crippen LogP contribution is 2.61. The zero-order chi connectivity index (χ0) is 18.8. The van der Waals surface area contributed by atoms with Gasteiger partial charge in [-0.05, 0) is 75.8 Å². The highest BCUT2D eigenvalue weighted by molar-refractivity contribution is 7.14. The number of carbonyl (C=O) groups is 1. The summed E-state index contributed by atoms with van der Waals surface area (Å²) in [4.78, 5) is 17.9. The van der Waals surface area contributed by atoms with Gasteiger partial charge in [0.2, 0.25) is 5.91 Å². The van der Waals surface area contributed by atoms with Gasteiger partial charge in [0.1, 0.15) is 0 Å². The molecule has 0 aliphatic heterocycles. The van der Waals surface area contributed by atoms with Gasteiger partial charge in [0.25, 0.3) is 0 Å². The summed E-state index contributed by atoms with van der Waals surface area (Å²) in [6.45, 7) is 4.16. The monoisotopic (exact) mass is 382 g/mol. The Morgan fingerprint density at radius 3 is 2.67 bits per heavy atom. The third kappa shape index (κ3) is 2.92. The number of aliphatic hydroxyl groups is 1. The van der Waals surface area contributed by atoms with Gasteiger partial charge in [-0.2, -0.15) is 0 Å². The molecule has 5 heteroatoms. The van der Waals surface area contributed by atoms with Crippen molar-refractivity contribution in [2.24, 2.45) is 17.3 Å². The minimum absolute atomic E-state index is 0.0666. The Balaban J connectivity index is 1.38. The lowest BCUT2D eigenvalue weighted by atomic mass is 9.47. The van der Waals surface area contributed by atoms with Crippen LogP contribution >= 0.6 is 11.3 Å². The second-order valence-electron chi connectivity index (χ2n) is 9.28. The van der Waals surface area contributed by atoms with Crippen LogP contribution in [0.1, 0.15) is 49.7 Å². The highest BCUT2D eigenvalue weighted by Gasteiger charge is 2.60. The molecule has 0 spiro atoms. The van der Waals surface area contributed by atoms with Crippen molar-refractivity contribution >= 4 is 22.4 Å². The van der Waals surface area contributed by atoms with E-state index < -0.39 is 11.0 Å². The highest BCUT2D eigenvalue weighted by atomic mass is 32.1. The number of carbonyl (C=O) groups excluding carboxylic acids is 1. The van der Waals surface area contributed by atoms with Crippen LogP contribution in [-0.4, -0.2) is 21.6 Å². The Labute approximate surface area is 164 Å². The normalized spacial score (nSPS) is 34.0. The summed E-state index contributed by atoms with van der Waals surface area (Å²) < 4.78 is 0. The number of anilines is 1. The van der Waals surface area contributed by atoms with Gasteiger partial charge < -0.3 is 10.4 Å². The zero-order valence-corrected chi connectivity index (χ0v) is 16.7. The molecule has 4 aliphatic carbocycles. The van der Waals surface area contributed by atoms with E-state index in [0.717, 1.165) is 36.9 Å². The standard InChI is InChI=1S/C22H26N2O2S/c1-13-3-4-14(2)17(5-13)18-11-27-20(23-18)24-19(25)21-7-15-6-16(8-21)10-22(26,9-15)12-21/h3-5,11,15-16,26H,6-10,12H2,1-2H3,(H,23,24,25)/t15-,16+,21?,22?. The number of aromatic nitrogens is 1. The van der Waals surface area contributed by atoms with Crippen molar-refractivity contribution in [3.8, 4) is 11.3 Å². The van der Waals surface area contributed by atoms with Crippen LogP contribution in [0.2, 0.25) is 0 Å².